The summed E-state index contributed by atoms with van der Waals surface area (Å²) >= 11 is 0. The molecule has 1 atom stereocenters. The van der Waals surface area contributed by atoms with E-state index in [1.165, 1.54) is 69.8 Å². The van der Waals surface area contributed by atoms with Crippen LogP contribution in [0.2, 0.25) is 0 Å². The first kappa shape index (κ1) is 17.2. The van der Waals surface area contributed by atoms with E-state index >= 15 is 0 Å². The van der Waals surface area contributed by atoms with Gasteiger partial charge >= 0.3 is 0 Å². The van der Waals surface area contributed by atoms with Crippen molar-refractivity contribution in [3.8, 4) is 0 Å². The minimum atomic E-state index is 0. The van der Waals surface area contributed by atoms with Crippen LogP contribution in [0.1, 0.15) is 86.5 Å². The first-order valence-corrected chi connectivity index (χ1v) is 8.72. The normalized spacial score (nSPS) is 18.4. The average Bonchev–Trinajstić information content (AvgIpc) is 3.06. The Labute approximate surface area is 149 Å². The average molecular weight is 447 g/mol. The fourth-order valence-electron chi connectivity index (χ4n) is 3.85. The summed E-state index contributed by atoms with van der Waals surface area (Å²) in [5.41, 5.74) is 6.40. The van der Waals surface area contributed by atoms with E-state index in [1.54, 1.807) is 16.7 Å². The zero-order chi connectivity index (χ0) is 13.8. The summed E-state index contributed by atoms with van der Waals surface area (Å²) in [4.78, 5) is 0. The van der Waals surface area contributed by atoms with Crippen molar-refractivity contribution < 1.29 is 25.8 Å². The monoisotopic (exact) mass is 448 g/mol. The minimum Gasteiger partial charge on any atom is -0.0764 e. The van der Waals surface area contributed by atoms with Crippen LogP contribution in [0.3, 0.4) is 0 Å². The maximum atomic E-state index is 2.53. The van der Waals surface area contributed by atoms with E-state index in [0.717, 1.165) is 0 Å². The van der Waals surface area contributed by atoms with Gasteiger partial charge in [-0.25, -0.2) is 0 Å². The Bertz CT molecular complexity index is 487. The van der Waals surface area contributed by atoms with E-state index in [1.807, 2.05) is 0 Å². The van der Waals surface area contributed by atoms with E-state index in [-0.39, 0.29) is 25.8 Å². The summed E-state index contributed by atoms with van der Waals surface area (Å²) in [5.74, 6) is 0.710. The zero-order valence-corrected chi connectivity index (χ0v) is 17.1. The molecule has 0 aromatic heterocycles. The van der Waals surface area contributed by atoms with Crippen LogP contribution in [0.5, 0.6) is 0 Å². The fraction of sp³-hybridized carbons (Fsp3) is 0.600. The third-order valence-corrected chi connectivity index (χ3v) is 5.07. The number of benzene rings is 1. The number of rotatable bonds is 7. The molecule has 112 valence electrons. The molecular formula is C20H28Hf. The van der Waals surface area contributed by atoms with Crippen LogP contribution in [0.4, 0.5) is 0 Å². The van der Waals surface area contributed by atoms with Gasteiger partial charge in [-0.2, -0.15) is 0 Å². The second kappa shape index (κ2) is 8.46. The van der Waals surface area contributed by atoms with Crippen molar-refractivity contribution in [1.82, 2.24) is 0 Å². The Balaban J connectivity index is 0.00000161. The van der Waals surface area contributed by atoms with Crippen molar-refractivity contribution in [3.63, 3.8) is 0 Å². The van der Waals surface area contributed by atoms with Gasteiger partial charge in [-0.15, -0.1) is 0 Å². The molecule has 0 saturated carbocycles. The van der Waals surface area contributed by atoms with Crippen molar-refractivity contribution >= 4 is 6.08 Å². The van der Waals surface area contributed by atoms with Crippen molar-refractivity contribution in [3.05, 3.63) is 40.5 Å². The Kier molecular flexibility index (Phi) is 6.92. The molecule has 0 fully saturated rings. The predicted molar refractivity (Wildman–Crippen MR) is 88.2 cm³/mol. The van der Waals surface area contributed by atoms with Gasteiger partial charge in [-0.05, 0) is 47.9 Å². The number of hydrogen-bond donors (Lipinski definition) is 0. The molecule has 0 bridgehead atoms. The van der Waals surface area contributed by atoms with Gasteiger partial charge in [0.05, 0.1) is 0 Å². The molecule has 21 heavy (non-hydrogen) atoms. The third-order valence-electron chi connectivity index (χ3n) is 5.07. The molecule has 0 aliphatic heterocycles. The van der Waals surface area contributed by atoms with E-state index in [0.29, 0.717) is 5.92 Å². The van der Waals surface area contributed by atoms with Crippen LogP contribution in [0, 0.1) is 0 Å². The summed E-state index contributed by atoms with van der Waals surface area (Å²) in [6, 6.07) is 4.99. The van der Waals surface area contributed by atoms with Gasteiger partial charge < -0.3 is 0 Å². The van der Waals surface area contributed by atoms with Crippen LogP contribution in [0.15, 0.2) is 18.2 Å². The summed E-state index contributed by atoms with van der Waals surface area (Å²) in [7, 11) is 0. The molecule has 0 saturated heterocycles. The van der Waals surface area contributed by atoms with Crippen LogP contribution in [-0.2, 0) is 38.7 Å². The Morgan fingerprint density at radius 1 is 0.952 bits per heavy atom. The van der Waals surface area contributed by atoms with Gasteiger partial charge in [0.15, 0.2) is 0 Å². The summed E-state index contributed by atoms with van der Waals surface area (Å²) in [6.45, 7) is 2.29. The van der Waals surface area contributed by atoms with E-state index in [9.17, 15) is 0 Å². The molecule has 0 nitrogen and oxygen atoms in total. The second-order valence-corrected chi connectivity index (χ2v) is 6.63. The van der Waals surface area contributed by atoms with Gasteiger partial charge in [0.1, 0.15) is 0 Å². The van der Waals surface area contributed by atoms with E-state index < -0.39 is 0 Å². The Morgan fingerprint density at radius 2 is 1.67 bits per heavy atom. The van der Waals surface area contributed by atoms with E-state index in [2.05, 4.69) is 31.2 Å². The summed E-state index contributed by atoms with van der Waals surface area (Å²) in [5, 5.41) is 0. The van der Waals surface area contributed by atoms with Crippen LogP contribution in [0.25, 0.3) is 6.08 Å². The maximum absolute atomic E-state index is 2.53. The smallest absolute Gasteiger partial charge is 0.00273 e. The molecular weight excluding hydrogens is 419 g/mol. The van der Waals surface area contributed by atoms with Gasteiger partial charge in [0, 0.05) is 31.8 Å². The standard InChI is InChI=1S/C20H28.Hf/c1-2-3-4-5-6-7-9-16-12-13-19-14-17-10-8-11-18(17)15-20(16)19;/h12-16H,2-11H2,1H3;. The van der Waals surface area contributed by atoms with Gasteiger partial charge in [-0.3, -0.25) is 0 Å². The van der Waals surface area contributed by atoms with E-state index in [4.69, 9.17) is 0 Å². The summed E-state index contributed by atoms with van der Waals surface area (Å²) in [6.07, 6.45) is 18.6. The first-order valence-electron chi connectivity index (χ1n) is 8.72. The maximum Gasteiger partial charge on any atom is 0.00273 e. The first-order chi connectivity index (χ1) is 9.88. The number of allylic oxidation sites excluding steroid dienone is 1. The molecule has 3 rings (SSSR count). The zero-order valence-electron chi connectivity index (χ0n) is 13.5. The van der Waals surface area contributed by atoms with Gasteiger partial charge in [0.2, 0.25) is 0 Å². The third kappa shape index (κ3) is 4.18. The molecule has 0 amide bonds. The Hall–Kier alpha value is -0.170. The van der Waals surface area contributed by atoms with Crippen molar-refractivity contribution in [1.29, 1.82) is 0 Å². The molecule has 1 heteroatoms. The van der Waals surface area contributed by atoms with Crippen LogP contribution < -0.4 is 0 Å². The fourth-order valence-corrected chi connectivity index (χ4v) is 3.85. The number of unbranched alkanes of at least 4 members (excludes halogenated alkanes) is 5. The number of fused-ring (bicyclic) bond motifs is 2. The number of aryl methyl sites for hydroxylation is 2. The van der Waals surface area contributed by atoms with Gasteiger partial charge in [0.25, 0.3) is 0 Å². The van der Waals surface area contributed by atoms with Crippen molar-refractivity contribution in [2.24, 2.45) is 0 Å². The molecule has 0 radical (unpaired) electrons. The SMILES string of the molecule is CCCCCCCCC1C=Cc2cc3c(cc21)CCC3.[Hf]. The molecule has 1 aromatic carbocycles. The molecule has 1 unspecified atom stereocenters. The van der Waals surface area contributed by atoms with Crippen molar-refractivity contribution in [2.45, 2.75) is 77.0 Å². The molecule has 0 heterocycles. The minimum absolute atomic E-state index is 0. The van der Waals surface area contributed by atoms with Crippen molar-refractivity contribution in [2.75, 3.05) is 0 Å². The van der Waals surface area contributed by atoms with Crippen LogP contribution in [-0.4, -0.2) is 0 Å². The molecule has 0 N–H and O–H groups in total. The quantitative estimate of drug-likeness (QED) is 0.354. The predicted octanol–water partition coefficient (Wildman–Crippen LogP) is 6.03. The topological polar surface area (TPSA) is 0 Å². The molecule has 1 aromatic rings. The Morgan fingerprint density at radius 3 is 2.48 bits per heavy atom. The molecule has 0 spiro atoms. The summed E-state index contributed by atoms with van der Waals surface area (Å²) < 4.78 is 0. The molecule has 2 aliphatic rings. The van der Waals surface area contributed by atoms with Crippen LogP contribution >= 0.6 is 0 Å². The van der Waals surface area contributed by atoms with Gasteiger partial charge in [-0.1, -0.05) is 69.7 Å². The largest absolute Gasteiger partial charge is 0.0764 e. The molecule has 2 aliphatic carbocycles. The second-order valence-electron chi connectivity index (χ2n) is 6.63. The number of hydrogen-bond acceptors (Lipinski definition) is 0.